The minimum absolute atomic E-state index is 0.0298. The van der Waals surface area contributed by atoms with Gasteiger partial charge in [-0.05, 0) is 61.8 Å². The van der Waals surface area contributed by atoms with Crippen LogP contribution < -0.4 is 10.2 Å². The molecule has 0 spiro atoms. The van der Waals surface area contributed by atoms with Gasteiger partial charge in [-0.15, -0.1) is 0 Å². The van der Waals surface area contributed by atoms with E-state index in [1.165, 1.54) is 11.1 Å². The topological polar surface area (TPSA) is 138 Å². The van der Waals surface area contributed by atoms with Crippen molar-refractivity contribution >= 4 is 29.9 Å². The third-order valence-corrected chi connectivity index (χ3v) is 6.89. The van der Waals surface area contributed by atoms with Crippen molar-refractivity contribution in [2.24, 2.45) is 0 Å². The second-order valence-corrected chi connectivity index (χ2v) is 9.70. The second kappa shape index (κ2) is 11.7. The second-order valence-electron chi connectivity index (χ2n) is 9.70. The van der Waals surface area contributed by atoms with Gasteiger partial charge in [0.2, 0.25) is 5.91 Å². The zero-order chi connectivity index (χ0) is 26.5. The summed E-state index contributed by atoms with van der Waals surface area (Å²) >= 11 is 0. The van der Waals surface area contributed by atoms with Gasteiger partial charge in [-0.1, -0.05) is 0 Å². The number of nitrogens with zero attached hydrogens (tertiary/aromatic N) is 5. The van der Waals surface area contributed by atoms with E-state index in [2.05, 4.69) is 21.4 Å². The van der Waals surface area contributed by atoms with Crippen LogP contribution in [-0.4, -0.2) is 72.1 Å². The predicted molar refractivity (Wildman–Crippen MR) is 137 cm³/mol. The Bertz CT molecular complexity index is 1270. The number of urea groups is 1. The molecule has 0 bridgehead atoms. The first-order valence-electron chi connectivity index (χ1n) is 13.0. The lowest BCUT2D eigenvalue weighted by atomic mass is 10.0. The summed E-state index contributed by atoms with van der Waals surface area (Å²) in [5.74, 6) is 0.646. The fraction of sp³-hybridized carbons (Fsp3) is 0.481. The van der Waals surface area contributed by atoms with E-state index in [0.29, 0.717) is 74.3 Å². The molecule has 38 heavy (non-hydrogen) atoms. The van der Waals surface area contributed by atoms with Crippen LogP contribution in [0, 0.1) is 11.3 Å². The molecule has 0 atom stereocenters. The number of anilines is 2. The number of amides is 3. The number of ether oxygens (including phenoxy) is 2. The summed E-state index contributed by atoms with van der Waals surface area (Å²) in [5, 5.41) is 12.3. The van der Waals surface area contributed by atoms with Crippen molar-refractivity contribution in [1.82, 2.24) is 14.9 Å². The molecule has 5 rings (SSSR count). The Hall–Kier alpha value is -3.88. The first kappa shape index (κ1) is 25.8. The normalized spacial score (nSPS) is 17.1. The number of nitrogens with one attached hydrogen (secondary N) is 1. The molecular formula is C27H30N6O5. The Labute approximate surface area is 220 Å². The maximum absolute atomic E-state index is 13.3. The minimum Gasteiger partial charge on any atom is -0.378 e. The molecule has 1 aliphatic carbocycles. The summed E-state index contributed by atoms with van der Waals surface area (Å²) in [6, 6.07) is 5.35. The average Bonchev–Trinajstić information content (AvgIpc) is 3.76. The van der Waals surface area contributed by atoms with E-state index in [4.69, 9.17) is 9.47 Å². The van der Waals surface area contributed by atoms with E-state index in [0.717, 1.165) is 36.8 Å². The number of hydrogen-bond acceptors (Lipinski definition) is 8. The molecule has 0 unspecified atom stereocenters. The summed E-state index contributed by atoms with van der Waals surface area (Å²) in [5.41, 5.74) is 2.98. The Kier molecular flexibility index (Phi) is 7.91. The maximum Gasteiger partial charge on any atom is 0.328 e. The van der Waals surface area contributed by atoms with Crippen LogP contribution >= 0.6 is 0 Å². The van der Waals surface area contributed by atoms with Crippen molar-refractivity contribution in [2.45, 2.75) is 51.2 Å². The molecule has 1 saturated carbocycles. The molecule has 11 heteroatoms. The maximum atomic E-state index is 13.3. The van der Waals surface area contributed by atoms with Crippen LogP contribution in [0.4, 0.5) is 16.4 Å². The third-order valence-electron chi connectivity index (χ3n) is 6.89. The summed E-state index contributed by atoms with van der Waals surface area (Å²) < 4.78 is 10.9. The largest absolute Gasteiger partial charge is 0.378 e. The molecule has 3 aliphatic rings. The molecule has 3 amide bonds. The van der Waals surface area contributed by atoms with Gasteiger partial charge < -0.3 is 14.4 Å². The lowest BCUT2D eigenvalue weighted by molar-refractivity contribution is -0.143. The molecule has 0 aromatic carbocycles. The molecule has 2 fully saturated rings. The highest BCUT2D eigenvalue weighted by Crippen LogP contribution is 2.29. The van der Waals surface area contributed by atoms with Gasteiger partial charge in [0.1, 0.15) is 30.0 Å². The van der Waals surface area contributed by atoms with Crippen molar-refractivity contribution < 1.29 is 23.9 Å². The van der Waals surface area contributed by atoms with Gasteiger partial charge in [-0.25, -0.2) is 14.8 Å². The molecule has 198 valence electrons. The van der Waals surface area contributed by atoms with Crippen molar-refractivity contribution in [2.75, 3.05) is 43.1 Å². The van der Waals surface area contributed by atoms with Crippen molar-refractivity contribution in [1.29, 1.82) is 5.26 Å². The van der Waals surface area contributed by atoms with E-state index in [-0.39, 0.29) is 24.8 Å². The predicted octanol–water partition coefficient (Wildman–Crippen LogP) is 2.62. The molecule has 2 aliphatic heterocycles. The summed E-state index contributed by atoms with van der Waals surface area (Å²) in [6.07, 6.45) is 7.61. The molecular weight excluding hydrogens is 488 g/mol. The number of morpholine rings is 1. The van der Waals surface area contributed by atoms with Gasteiger partial charge in [-0.2, -0.15) is 5.26 Å². The number of carbonyl (C=O) groups is 3. The summed E-state index contributed by atoms with van der Waals surface area (Å²) in [4.78, 5) is 49.3. The molecule has 0 radical (unpaired) electrons. The van der Waals surface area contributed by atoms with Gasteiger partial charge >= 0.3 is 6.03 Å². The third kappa shape index (κ3) is 5.98. The van der Waals surface area contributed by atoms with Gasteiger partial charge in [0.05, 0.1) is 18.3 Å². The van der Waals surface area contributed by atoms with Crippen LogP contribution in [0.1, 0.15) is 58.4 Å². The number of hydrogen-bond donors (Lipinski definition) is 1. The van der Waals surface area contributed by atoms with Crippen LogP contribution in [0.3, 0.4) is 0 Å². The minimum atomic E-state index is -0.411. The molecule has 2 aromatic rings. The monoisotopic (exact) mass is 518 g/mol. The highest BCUT2D eigenvalue weighted by Gasteiger charge is 2.28. The smallest absolute Gasteiger partial charge is 0.328 e. The number of nitriles is 1. The number of carbonyl (C=O) groups excluding carboxylic acids is 3. The van der Waals surface area contributed by atoms with E-state index in [9.17, 15) is 19.6 Å². The van der Waals surface area contributed by atoms with Crippen LogP contribution in [-0.2, 0) is 33.7 Å². The SMILES string of the molecule is N#Cc1cnc(NC(=O)N2CCCc3cc(CN4CCOCC4=O)c(C=O)nc32)cc1CCCOC1CC1. The fourth-order valence-electron chi connectivity index (χ4n) is 4.70. The summed E-state index contributed by atoms with van der Waals surface area (Å²) in [6.45, 7) is 2.28. The highest BCUT2D eigenvalue weighted by atomic mass is 16.5. The Morgan fingerprint density at radius 2 is 2.16 bits per heavy atom. The zero-order valence-electron chi connectivity index (χ0n) is 21.1. The molecule has 2 aromatic heterocycles. The molecule has 4 heterocycles. The number of rotatable bonds is 9. The fourth-order valence-corrected chi connectivity index (χ4v) is 4.70. The number of aryl methyl sites for hydroxylation is 2. The number of aldehydes is 1. The van der Waals surface area contributed by atoms with Crippen LogP contribution in [0.25, 0.3) is 0 Å². The quantitative estimate of drug-likeness (QED) is 0.395. The average molecular weight is 519 g/mol. The Morgan fingerprint density at radius 1 is 1.29 bits per heavy atom. The lowest BCUT2D eigenvalue weighted by Gasteiger charge is -2.30. The number of pyridine rings is 2. The highest BCUT2D eigenvalue weighted by molar-refractivity contribution is 6.01. The van der Waals surface area contributed by atoms with E-state index in [1.807, 2.05) is 6.07 Å². The molecule has 11 nitrogen and oxygen atoms in total. The van der Waals surface area contributed by atoms with Gasteiger partial charge in [0.15, 0.2) is 6.29 Å². The van der Waals surface area contributed by atoms with E-state index in [1.54, 1.807) is 11.0 Å². The standard InChI is InChI=1S/C27H30N6O5/c28-13-21-14-29-24(12-18(21)4-2-9-38-22-5-6-22)31-27(36)33-7-1-3-19-11-20(23(16-34)30-26(19)33)15-32-8-10-37-17-25(32)35/h11-12,14,16,22H,1-10,15,17H2,(H,29,31,36). The van der Waals surface area contributed by atoms with Crippen LogP contribution in [0.2, 0.25) is 0 Å². The van der Waals surface area contributed by atoms with Crippen molar-refractivity contribution in [3.8, 4) is 6.07 Å². The van der Waals surface area contributed by atoms with Crippen molar-refractivity contribution in [3.63, 3.8) is 0 Å². The van der Waals surface area contributed by atoms with Gasteiger partial charge in [0.25, 0.3) is 0 Å². The van der Waals surface area contributed by atoms with Crippen molar-refractivity contribution in [3.05, 3.63) is 46.3 Å². The first-order chi connectivity index (χ1) is 18.6. The number of aromatic nitrogens is 2. The van der Waals surface area contributed by atoms with E-state index < -0.39 is 6.03 Å². The first-order valence-corrected chi connectivity index (χ1v) is 13.0. The molecule has 1 saturated heterocycles. The Morgan fingerprint density at radius 3 is 2.92 bits per heavy atom. The lowest BCUT2D eigenvalue weighted by Crippen LogP contribution is -2.42. The summed E-state index contributed by atoms with van der Waals surface area (Å²) in [7, 11) is 0. The number of fused-ring (bicyclic) bond motifs is 1. The van der Waals surface area contributed by atoms with E-state index >= 15 is 0 Å². The van der Waals surface area contributed by atoms with Crippen LogP contribution in [0.15, 0.2) is 18.3 Å². The molecule has 1 N–H and O–H groups in total. The Balaban J connectivity index is 1.30. The van der Waals surface area contributed by atoms with Crippen LogP contribution in [0.5, 0.6) is 0 Å². The zero-order valence-corrected chi connectivity index (χ0v) is 21.1. The van der Waals surface area contributed by atoms with Gasteiger partial charge in [-0.3, -0.25) is 19.8 Å². The van der Waals surface area contributed by atoms with Gasteiger partial charge in [0, 0.05) is 38.0 Å².